The third kappa shape index (κ3) is 9.18. The van der Waals surface area contributed by atoms with E-state index in [1.54, 1.807) is 17.0 Å². The minimum atomic E-state index is -0.569. The van der Waals surface area contributed by atoms with E-state index in [0.717, 1.165) is 61.5 Å². The second kappa shape index (κ2) is 17.8. The number of benzene rings is 3. The van der Waals surface area contributed by atoms with Crippen LogP contribution in [-0.4, -0.2) is 99.9 Å². The molecule has 3 saturated heterocycles. The number of hydrogen-bond donors (Lipinski definition) is 3. The predicted molar refractivity (Wildman–Crippen MR) is 244 cm³/mol. The van der Waals surface area contributed by atoms with Crippen molar-refractivity contribution in [1.82, 2.24) is 40.9 Å². The van der Waals surface area contributed by atoms with Gasteiger partial charge in [0, 0.05) is 109 Å². The number of anilines is 3. The van der Waals surface area contributed by atoms with Crippen LogP contribution in [0.2, 0.25) is 0 Å². The van der Waals surface area contributed by atoms with Gasteiger partial charge in [-0.05, 0) is 92.7 Å². The van der Waals surface area contributed by atoms with Crippen molar-refractivity contribution in [3.63, 3.8) is 0 Å². The number of hydrogen-bond acceptors (Lipinski definition) is 11. The summed E-state index contributed by atoms with van der Waals surface area (Å²) >= 11 is 0. The van der Waals surface area contributed by atoms with Gasteiger partial charge in [0.05, 0.1) is 5.69 Å². The normalized spacial score (nSPS) is 17.9. The number of aromatic nitrogens is 5. The van der Waals surface area contributed by atoms with Gasteiger partial charge in [-0.1, -0.05) is 50.2 Å². The van der Waals surface area contributed by atoms with Crippen LogP contribution in [0.5, 0.6) is 0 Å². The molecular weight excluding hydrogens is 814 g/mol. The number of urea groups is 1. The summed E-state index contributed by atoms with van der Waals surface area (Å²) in [6, 6.07) is 23.7. The summed E-state index contributed by atoms with van der Waals surface area (Å²) in [4.78, 5) is 54.4. The topological polar surface area (TPSA) is 169 Å². The van der Waals surface area contributed by atoms with Crippen LogP contribution in [0.15, 0.2) is 83.5 Å². The fourth-order valence-electron chi connectivity index (χ4n) is 8.96. The zero-order valence-electron chi connectivity index (χ0n) is 36.7. The Bertz CT molecular complexity index is 2650. The number of piperazine rings is 1. The Morgan fingerprint density at radius 3 is 2.33 bits per heavy atom. The fraction of sp³-hybridized carbons (Fsp3) is 0.396. The monoisotopic (exact) mass is 867 g/mol. The first kappa shape index (κ1) is 42.6. The molecule has 3 aliphatic heterocycles. The number of halogens is 1. The van der Waals surface area contributed by atoms with E-state index in [9.17, 15) is 14.4 Å². The summed E-state index contributed by atoms with van der Waals surface area (Å²) in [6.07, 6.45) is 5.68. The van der Waals surface area contributed by atoms with Crippen molar-refractivity contribution < 1.29 is 23.3 Å². The van der Waals surface area contributed by atoms with Crippen LogP contribution in [0.4, 0.5) is 26.2 Å². The van der Waals surface area contributed by atoms with Crippen LogP contribution in [0.25, 0.3) is 33.4 Å². The van der Waals surface area contributed by atoms with Gasteiger partial charge < -0.3 is 19.6 Å². The number of amides is 4. The zero-order valence-corrected chi connectivity index (χ0v) is 36.7. The molecule has 64 heavy (non-hydrogen) atoms. The van der Waals surface area contributed by atoms with E-state index in [1.165, 1.54) is 36.7 Å². The summed E-state index contributed by atoms with van der Waals surface area (Å²) in [5.74, 6) is -0.302. The molecule has 4 amide bonds. The number of H-pyrrole nitrogens is 1. The summed E-state index contributed by atoms with van der Waals surface area (Å²) in [7, 11) is 0. The molecule has 3 N–H and O–H groups in total. The Morgan fingerprint density at radius 1 is 0.891 bits per heavy atom. The molecule has 3 aromatic heterocycles. The molecular formula is C48H54FN11O4. The molecule has 9 rings (SSSR count). The lowest BCUT2D eigenvalue weighted by Crippen LogP contribution is -2.52. The molecule has 15 nitrogen and oxygen atoms in total. The maximum atomic E-state index is 15.4. The molecule has 1 atom stereocenters. The van der Waals surface area contributed by atoms with Crippen LogP contribution < -0.4 is 25.3 Å². The first-order valence-electron chi connectivity index (χ1n) is 22.2. The van der Waals surface area contributed by atoms with Crippen molar-refractivity contribution in [2.45, 2.75) is 71.4 Å². The Balaban J connectivity index is 0.755. The van der Waals surface area contributed by atoms with E-state index in [-0.39, 0.29) is 29.8 Å². The average Bonchev–Trinajstić information content (AvgIpc) is 3.97. The summed E-state index contributed by atoms with van der Waals surface area (Å²) < 4.78 is 20.5. The molecule has 6 heterocycles. The molecule has 16 heteroatoms. The molecule has 3 aromatic carbocycles. The number of carbonyl (C=O) groups is 3. The van der Waals surface area contributed by atoms with Crippen molar-refractivity contribution in [2.24, 2.45) is 5.92 Å². The highest BCUT2D eigenvalue weighted by molar-refractivity contribution is 6.05. The van der Waals surface area contributed by atoms with Crippen LogP contribution in [-0.2, 0) is 16.8 Å². The van der Waals surface area contributed by atoms with Gasteiger partial charge in [0.15, 0.2) is 11.5 Å². The van der Waals surface area contributed by atoms with Gasteiger partial charge >= 0.3 is 17.8 Å². The Kier molecular flexibility index (Phi) is 11.9. The number of nitrogens with zero attached hydrogens (tertiary/aromatic N) is 8. The van der Waals surface area contributed by atoms with E-state index < -0.39 is 11.7 Å². The first-order valence-corrected chi connectivity index (χ1v) is 22.2. The number of fused-ring (bicyclic) bond motifs is 1. The smallest absolute Gasteiger partial charge is 0.328 e. The summed E-state index contributed by atoms with van der Waals surface area (Å²) in [5, 5.41) is 17.2. The van der Waals surface area contributed by atoms with Gasteiger partial charge in [-0.2, -0.15) is 10.1 Å². The largest absolute Gasteiger partial charge is 0.372 e. The first-order chi connectivity index (χ1) is 30.9. The quantitative estimate of drug-likeness (QED) is 0.120. The molecule has 0 unspecified atom stereocenters. The van der Waals surface area contributed by atoms with Gasteiger partial charge in [-0.25, -0.2) is 14.2 Å². The number of piperidine rings is 1. The third-order valence-electron chi connectivity index (χ3n) is 12.8. The maximum absolute atomic E-state index is 15.4. The van der Waals surface area contributed by atoms with Crippen LogP contribution in [0.3, 0.4) is 0 Å². The number of carbonyl (C=O) groups excluding carboxylic acids is 3. The standard InChI is InChI=1S/C48H54FN11O4/c1-30-29-57(19-15-31-16-20-58(21-17-31)36-11-13-38(14-12-36)60-22-18-41(61)52-47(60)63)23-24-59(30)37-9-7-32(8-10-37)35-25-39-42(54-55-43(39)50-28-35)33-5-6-34(40(49)26-33)27-51-44(62)45-53-46(56-64-45)48(2,3)4/h5-14,25-26,28,30-31H,15-24,27,29H2,1-4H3,(H,51,62)(H,50,54,55)(H,52,61,63)/t30-/m0/s1. The summed E-state index contributed by atoms with van der Waals surface area (Å²) in [5.41, 5.74) is 6.88. The molecule has 6 aromatic rings. The molecule has 0 radical (unpaired) electrons. The maximum Gasteiger partial charge on any atom is 0.328 e. The van der Waals surface area contributed by atoms with Crippen molar-refractivity contribution in [3.8, 4) is 22.4 Å². The van der Waals surface area contributed by atoms with Crippen molar-refractivity contribution >= 4 is 45.9 Å². The van der Waals surface area contributed by atoms with Gasteiger partial charge in [0.1, 0.15) is 5.82 Å². The molecule has 332 valence electrons. The average molecular weight is 868 g/mol. The van der Waals surface area contributed by atoms with Crippen molar-refractivity contribution in [2.75, 3.05) is 60.5 Å². The summed E-state index contributed by atoms with van der Waals surface area (Å²) in [6.45, 7) is 14.6. The fourth-order valence-corrected chi connectivity index (χ4v) is 8.96. The van der Waals surface area contributed by atoms with Gasteiger partial charge in [-0.15, -0.1) is 0 Å². The molecule has 0 saturated carbocycles. The van der Waals surface area contributed by atoms with Crippen LogP contribution in [0.1, 0.15) is 75.5 Å². The SMILES string of the molecule is C[C@H]1CN(CCC2CCN(c3ccc(N4CCC(=O)NC4=O)cc3)CC2)CCN1c1ccc(-c2cnc3n[nH]c(-c4ccc(CNC(=O)c5nc(C(C)(C)C)no5)c(F)c4)c3c2)cc1. The van der Waals surface area contributed by atoms with E-state index >= 15 is 4.39 Å². The lowest BCUT2D eigenvalue weighted by molar-refractivity contribution is -0.120. The molecule has 0 spiro atoms. The number of rotatable bonds is 11. The second-order valence-corrected chi connectivity index (χ2v) is 18.2. The van der Waals surface area contributed by atoms with E-state index in [4.69, 9.17) is 4.52 Å². The Morgan fingerprint density at radius 2 is 1.62 bits per heavy atom. The van der Waals surface area contributed by atoms with Gasteiger partial charge in [0.2, 0.25) is 5.91 Å². The molecule has 0 aliphatic carbocycles. The van der Waals surface area contributed by atoms with Crippen molar-refractivity contribution in [1.29, 1.82) is 0 Å². The third-order valence-corrected chi connectivity index (χ3v) is 12.8. The highest BCUT2D eigenvalue weighted by Gasteiger charge is 2.28. The minimum absolute atomic E-state index is 0.0474. The number of aromatic amines is 1. The van der Waals surface area contributed by atoms with E-state index in [2.05, 4.69) is 94.0 Å². The van der Waals surface area contributed by atoms with E-state index in [0.29, 0.717) is 53.2 Å². The highest BCUT2D eigenvalue weighted by Crippen LogP contribution is 2.33. The van der Waals surface area contributed by atoms with Crippen LogP contribution in [0, 0.1) is 11.7 Å². The second-order valence-electron chi connectivity index (χ2n) is 18.2. The number of nitrogens with one attached hydrogen (secondary N) is 3. The Hall–Kier alpha value is -6.68. The van der Waals surface area contributed by atoms with Crippen LogP contribution >= 0.6 is 0 Å². The molecule has 3 aliphatic rings. The zero-order chi connectivity index (χ0) is 44.5. The highest BCUT2D eigenvalue weighted by atomic mass is 19.1. The lowest BCUT2D eigenvalue weighted by Gasteiger charge is -2.42. The number of pyridine rings is 1. The lowest BCUT2D eigenvalue weighted by atomic mass is 9.92. The van der Waals surface area contributed by atoms with Crippen molar-refractivity contribution in [3.05, 3.63) is 102 Å². The molecule has 3 fully saturated rings. The van der Waals surface area contributed by atoms with Gasteiger partial charge in [0.25, 0.3) is 0 Å². The Labute approximate surface area is 371 Å². The predicted octanol–water partition coefficient (Wildman–Crippen LogP) is 7.31. The van der Waals surface area contributed by atoms with Gasteiger partial charge in [-0.3, -0.25) is 29.8 Å². The minimum Gasteiger partial charge on any atom is -0.372 e. The molecule has 0 bridgehead atoms. The number of imide groups is 1. The van der Waals surface area contributed by atoms with E-state index in [1.807, 2.05) is 45.2 Å².